The molecule has 0 fully saturated rings. The molecule has 3 aromatic rings. The van der Waals surface area contributed by atoms with E-state index in [2.05, 4.69) is 5.32 Å². The minimum Gasteiger partial charge on any atom is -0.467 e. The molecule has 0 radical (unpaired) electrons. The molecule has 1 N–H and O–H groups in total. The van der Waals surface area contributed by atoms with E-state index < -0.39 is 0 Å². The molecule has 3 rings (SSSR count). The largest absolute Gasteiger partial charge is 0.467 e. The van der Waals surface area contributed by atoms with Gasteiger partial charge in [0.05, 0.1) is 12.8 Å². The summed E-state index contributed by atoms with van der Waals surface area (Å²) in [6.07, 6.45) is 1.59. The Labute approximate surface area is 152 Å². The number of anilines is 1. The molecule has 1 heterocycles. The van der Waals surface area contributed by atoms with Crippen LogP contribution in [0.25, 0.3) is 0 Å². The highest BCUT2D eigenvalue weighted by molar-refractivity contribution is 5.95. The van der Waals surface area contributed by atoms with Gasteiger partial charge in [-0.2, -0.15) is 0 Å². The number of benzene rings is 2. The van der Waals surface area contributed by atoms with E-state index in [4.69, 9.17) is 4.42 Å². The number of carbonyl (C=O) groups excluding carboxylic acids is 2. The average Bonchev–Trinajstić information content (AvgIpc) is 3.15. The van der Waals surface area contributed by atoms with E-state index in [9.17, 15) is 9.59 Å². The lowest BCUT2D eigenvalue weighted by molar-refractivity contribution is 0.101. The van der Waals surface area contributed by atoms with E-state index >= 15 is 0 Å². The van der Waals surface area contributed by atoms with Gasteiger partial charge < -0.3 is 14.6 Å². The van der Waals surface area contributed by atoms with Gasteiger partial charge in [0.2, 0.25) is 0 Å². The molecule has 2 aromatic carbocycles. The number of Topliss-reactive ketones (excluding diaryl/α,β-unsaturated/α-hetero) is 1. The summed E-state index contributed by atoms with van der Waals surface area (Å²) in [5.74, 6) is 0.703. The van der Waals surface area contributed by atoms with Crippen LogP contribution in [0.2, 0.25) is 0 Å². The number of furan rings is 1. The first-order chi connectivity index (χ1) is 12.6. The number of urea groups is 1. The fourth-order valence-electron chi connectivity index (χ4n) is 2.58. The summed E-state index contributed by atoms with van der Waals surface area (Å²) in [4.78, 5) is 25.8. The minimum atomic E-state index is -0.235. The Balaban J connectivity index is 1.74. The van der Waals surface area contributed by atoms with Gasteiger partial charge in [0, 0.05) is 17.8 Å². The number of amides is 2. The fourth-order valence-corrected chi connectivity index (χ4v) is 2.58. The third-order valence-corrected chi connectivity index (χ3v) is 3.97. The Morgan fingerprint density at radius 1 is 0.923 bits per heavy atom. The van der Waals surface area contributed by atoms with E-state index in [-0.39, 0.29) is 11.8 Å². The van der Waals surface area contributed by atoms with Crippen molar-refractivity contribution in [3.8, 4) is 0 Å². The zero-order chi connectivity index (χ0) is 18.4. The van der Waals surface area contributed by atoms with Crippen LogP contribution < -0.4 is 5.32 Å². The van der Waals surface area contributed by atoms with Gasteiger partial charge >= 0.3 is 6.03 Å². The SMILES string of the molecule is CC(=O)c1ccc(NC(=O)N(Cc2ccccc2)Cc2ccco2)cc1. The standard InChI is InChI=1S/C21H20N2O3/c1-16(24)18-9-11-19(12-10-18)22-21(25)23(15-20-8-5-13-26-20)14-17-6-3-2-4-7-17/h2-13H,14-15H2,1H3,(H,22,25). The van der Waals surface area contributed by atoms with Gasteiger partial charge in [-0.05, 0) is 48.9 Å². The van der Waals surface area contributed by atoms with Crippen LogP contribution in [0, 0.1) is 0 Å². The summed E-state index contributed by atoms with van der Waals surface area (Å²) in [7, 11) is 0. The number of carbonyl (C=O) groups is 2. The van der Waals surface area contributed by atoms with Gasteiger partial charge in [-0.25, -0.2) is 4.79 Å². The Kier molecular flexibility index (Phi) is 5.49. The van der Waals surface area contributed by atoms with E-state index in [0.717, 1.165) is 5.56 Å². The van der Waals surface area contributed by atoms with Gasteiger partial charge in [-0.15, -0.1) is 0 Å². The lowest BCUT2D eigenvalue weighted by Gasteiger charge is -2.22. The number of hydrogen-bond donors (Lipinski definition) is 1. The van der Waals surface area contributed by atoms with Crippen LogP contribution in [-0.4, -0.2) is 16.7 Å². The Morgan fingerprint density at radius 2 is 1.65 bits per heavy atom. The van der Waals surface area contributed by atoms with Gasteiger partial charge in [-0.1, -0.05) is 30.3 Å². The molecular weight excluding hydrogens is 328 g/mol. The van der Waals surface area contributed by atoms with Crippen molar-refractivity contribution >= 4 is 17.5 Å². The van der Waals surface area contributed by atoms with Crippen LogP contribution in [-0.2, 0) is 13.1 Å². The molecule has 2 amide bonds. The number of rotatable bonds is 6. The third kappa shape index (κ3) is 4.60. The maximum absolute atomic E-state index is 12.8. The monoisotopic (exact) mass is 348 g/mol. The Morgan fingerprint density at radius 3 is 2.27 bits per heavy atom. The molecule has 0 unspecified atom stereocenters. The number of hydrogen-bond acceptors (Lipinski definition) is 3. The molecule has 0 saturated heterocycles. The van der Waals surface area contributed by atoms with Gasteiger partial charge in [-0.3, -0.25) is 4.79 Å². The van der Waals surface area contributed by atoms with Crippen LogP contribution in [0.5, 0.6) is 0 Å². The van der Waals surface area contributed by atoms with Crippen molar-refractivity contribution < 1.29 is 14.0 Å². The molecule has 5 heteroatoms. The summed E-state index contributed by atoms with van der Waals surface area (Å²) in [6.45, 7) is 2.33. The van der Waals surface area contributed by atoms with Crippen molar-refractivity contribution in [2.24, 2.45) is 0 Å². The molecule has 0 aliphatic heterocycles. The molecule has 0 bridgehead atoms. The number of nitrogens with zero attached hydrogens (tertiary/aromatic N) is 1. The molecular formula is C21H20N2O3. The maximum atomic E-state index is 12.8. The van der Waals surface area contributed by atoms with Crippen molar-refractivity contribution in [1.82, 2.24) is 4.90 Å². The first kappa shape index (κ1) is 17.5. The van der Waals surface area contributed by atoms with Gasteiger partial charge in [0.15, 0.2) is 5.78 Å². The normalized spacial score (nSPS) is 10.3. The molecule has 5 nitrogen and oxygen atoms in total. The van der Waals surface area contributed by atoms with Crippen molar-refractivity contribution in [2.45, 2.75) is 20.0 Å². The van der Waals surface area contributed by atoms with E-state index in [1.165, 1.54) is 6.92 Å². The first-order valence-corrected chi connectivity index (χ1v) is 8.35. The van der Waals surface area contributed by atoms with E-state index in [1.807, 2.05) is 36.4 Å². The molecule has 0 aliphatic carbocycles. The highest BCUT2D eigenvalue weighted by Crippen LogP contribution is 2.15. The summed E-state index contributed by atoms with van der Waals surface area (Å²) in [5, 5.41) is 2.87. The third-order valence-electron chi connectivity index (χ3n) is 3.97. The molecule has 132 valence electrons. The van der Waals surface area contributed by atoms with Crippen LogP contribution in [0.15, 0.2) is 77.4 Å². The second-order valence-electron chi connectivity index (χ2n) is 5.98. The van der Waals surface area contributed by atoms with Crippen molar-refractivity contribution in [3.63, 3.8) is 0 Å². The lowest BCUT2D eigenvalue weighted by atomic mass is 10.1. The second-order valence-corrected chi connectivity index (χ2v) is 5.98. The topological polar surface area (TPSA) is 62.6 Å². The number of nitrogens with one attached hydrogen (secondary N) is 1. The predicted molar refractivity (Wildman–Crippen MR) is 99.9 cm³/mol. The molecule has 0 aliphatic rings. The minimum absolute atomic E-state index is 0.00796. The van der Waals surface area contributed by atoms with Crippen molar-refractivity contribution in [1.29, 1.82) is 0 Å². The summed E-state index contributed by atoms with van der Waals surface area (Å²) < 4.78 is 5.38. The van der Waals surface area contributed by atoms with Crippen LogP contribution in [0.3, 0.4) is 0 Å². The van der Waals surface area contributed by atoms with Gasteiger partial charge in [0.1, 0.15) is 5.76 Å². The van der Waals surface area contributed by atoms with Crippen molar-refractivity contribution in [3.05, 3.63) is 89.9 Å². The zero-order valence-corrected chi connectivity index (χ0v) is 14.5. The van der Waals surface area contributed by atoms with Crippen LogP contribution in [0.1, 0.15) is 28.6 Å². The predicted octanol–water partition coefficient (Wildman–Crippen LogP) is 4.72. The quantitative estimate of drug-likeness (QED) is 0.656. The number of ketones is 1. The highest BCUT2D eigenvalue weighted by Gasteiger charge is 2.16. The average molecular weight is 348 g/mol. The zero-order valence-electron chi connectivity index (χ0n) is 14.5. The molecule has 26 heavy (non-hydrogen) atoms. The highest BCUT2D eigenvalue weighted by atomic mass is 16.3. The molecule has 0 spiro atoms. The van der Waals surface area contributed by atoms with Crippen molar-refractivity contribution in [2.75, 3.05) is 5.32 Å². The smallest absolute Gasteiger partial charge is 0.322 e. The molecule has 1 aromatic heterocycles. The summed E-state index contributed by atoms with van der Waals surface area (Å²) in [5.41, 5.74) is 2.28. The summed E-state index contributed by atoms with van der Waals surface area (Å²) >= 11 is 0. The Hall–Kier alpha value is -3.34. The fraction of sp³-hybridized carbons (Fsp3) is 0.143. The molecule has 0 atom stereocenters. The second kappa shape index (κ2) is 8.16. The summed E-state index contributed by atoms with van der Waals surface area (Å²) in [6, 6.07) is 20.0. The van der Waals surface area contributed by atoms with Gasteiger partial charge in [0.25, 0.3) is 0 Å². The van der Waals surface area contributed by atoms with Crippen LogP contribution >= 0.6 is 0 Å². The van der Waals surface area contributed by atoms with E-state index in [0.29, 0.717) is 30.1 Å². The molecule has 0 saturated carbocycles. The maximum Gasteiger partial charge on any atom is 0.322 e. The van der Waals surface area contributed by atoms with E-state index in [1.54, 1.807) is 41.5 Å². The Bertz CT molecular complexity index is 856. The first-order valence-electron chi connectivity index (χ1n) is 8.35. The van der Waals surface area contributed by atoms with Crippen LogP contribution in [0.4, 0.5) is 10.5 Å². The lowest BCUT2D eigenvalue weighted by Crippen LogP contribution is -2.34.